The van der Waals surface area contributed by atoms with Crippen molar-refractivity contribution in [3.63, 3.8) is 0 Å². The van der Waals surface area contributed by atoms with Crippen LogP contribution in [0.4, 0.5) is 0 Å². The molecule has 1 aliphatic carbocycles. The number of benzene rings is 1. The fourth-order valence-electron chi connectivity index (χ4n) is 3.32. The van der Waals surface area contributed by atoms with Gasteiger partial charge >= 0.3 is 0 Å². The Morgan fingerprint density at radius 1 is 1.08 bits per heavy atom. The van der Waals surface area contributed by atoms with Gasteiger partial charge in [0.15, 0.2) is 0 Å². The Balaban J connectivity index is 1.41. The minimum atomic E-state index is 0.0350. The highest BCUT2D eigenvalue weighted by atomic mass is 16.2. The Bertz CT molecular complexity index is 697. The third-order valence-corrected chi connectivity index (χ3v) is 4.82. The number of carbonyl (C=O) groups excluding carboxylic acids is 1. The number of nitrogens with one attached hydrogen (secondary N) is 1. The fraction of sp³-hybridized carbons (Fsp3) is 0.421. The second kappa shape index (κ2) is 6.69. The summed E-state index contributed by atoms with van der Waals surface area (Å²) in [5, 5.41) is 3.15. The average Bonchev–Trinajstić information content (AvgIpc) is 3.31. The molecule has 1 aromatic carbocycles. The summed E-state index contributed by atoms with van der Waals surface area (Å²) < 4.78 is 0. The van der Waals surface area contributed by atoms with E-state index in [-0.39, 0.29) is 11.9 Å². The number of amides is 1. The predicted octanol–water partition coefficient (Wildman–Crippen LogP) is 2.39. The molecule has 1 saturated carbocycles. The minimum Gasteiger partial charge on any atom is -0.352 e. The SMILES string of the molecule is O=C(NC1CC1)C1CCCN1Cc1ccc(-c2cncnc2)cc1. The number of aromatic nitrogens is 2. The molecule has 5 heteroatoms. The summed E-state index contributed by atoms with van der Waals surface area (Å²) >= 11 is 0. The van der Waals surface area contributed by atoms with Crippen LogP contribution in [0, 0.1) is 0 Å². The van der Waals surface area contributed by atoms with Gasteiger partial charge in [-0.1, -0.05) is 24.3 Å². The minimum absolute atomic E-state index is 0.0350. The van der Waals surface area contributed by atoms with Crippen molar-refractivity contribution in [1.82, 2.24) is 20.2 Å². The lowest BCUT2D eigenvalue weighted by Crippen LogP contribution is -2.43. The van der Waals surface area contributed by atoms with E-state index >= 15 is 0 Å². The van der Waals surface area contributed by atoms with Crippen LogP contribution < -0.4 is 5.32 Å². The van der Waals surface area contributed by atoms with Crippen LogP contribution in [-0.4, -0.2) is 39.4 Å². The summed E-state index contributed by atoms with van der Waals surface area (Å²) in [6.45, 7) is 1.82. The molecular weight excluding hydrogens is 300 g/mol. The molecule has 1 amide bonds. The predicted molar refractivity (Wildman–Crippen MR) is 92.1 cm³/mol. The van der Waals surface area contributed by atoms with E-state index < -0.39 is 0 Å². The van der Waals surface area contributed by atoms with Gasteiger partial charge in [-0.2, -0.15) is 0 Å². The first-order chi connectivity index (χ1) is 11.8. The zero-order valence-electron chi connectivity index (χ0n) is 13.7. The van der Waals surface area contributed by atoms with E-state index in [1.165, 1.54) is 11.9 Å². The average molecular weight is 322 g/mol. The first kappa shape index (κ1) is 15.3. The maximum atomic E-state index is 12.4. The van der Waals surface area contributed by atoms with Gasteiger partial charge in [-0.25, -0.2) is 9.97 Å². The van der Waals surface area contributed by atoms with Crippen molar-refractivity contribution in [1.29, 1.82) is 0 Å². The number of carbonyl (C=O) groups is 1. The Labute approximate surface area is 142 Å². The lowest BCUT2D eigenvalue weighted by atomic mass is 10.1. The number of rotatable bonds is 5. The second-order valence-corrected chi connectivity index (χ2v) is 6.74. The lowest BCUT2D eigenvalue weighted by molar-refractivity contribution is -0.125. The maximum absolute atomic E-state index is 12.4. The number of hydrogen-bond acceptors (Lipinski definition) is 4. The Kier molecular flexibility index (Phi) is 4.26. The van der Waals surface area contributed by atoms with Gasteiger partial charge in [-0.05, 0) is 43.4 Å². The van der Waals surface area contributed by atoms with E-state index in [2.05, 4.69) is 44.5 Å². The van der Waals surface area contributed by atoms with Gasteiger partial charge in [-0.15, -0.1) is 0 Å². The van der Waals surface area contributed by atoms with Crippen LogP contribution in [0.15, 0.2) is 43.0 Å². The van der Waals surface area contributed by atoms with Gasteiger partial charge in [0.05, 0.1) is 6.04 Å². The molecule has 2 aromatic rings. The largest absolute Gasteiger partial charge is 0.352 e. The van der Waals surface area contributed by atoms with Crippen LogP contribution in [0.2, 0.25) is 0 Å². The third-order valence-electron chi connectivity index (χ3n) is 4.82. The van der Waals surface area contributed by atoms with Crippen molar-refractivity contribution in [3.8, 4) is 11.1 Å². The van der Waals surface area contributed by atoms with Gasteiger partial charge in [0, 0.05) is 30.5 Å². The second-order valence-electron chi connectivity index (χ2n) is 6.74. The van der Waals surface area contributed by atoms with Gasteiger partial charge in [-0.3, -0.25) is 9.69 Å². The molecule has 1 saturated heterocycles. The van der Waals surface area contributed by atoms with Crippen molar-refractivity contribution >= 4 is 5.91 Å². The highest BCUT2D eigenvalue weighted by Gasteiger charge is 2.33. The van der Waals surface area contributed by atoms with Gasteiger partial charge < -0.3 is 5.32 Å². The number of nitrogens with zero attached hydrogens (tertiary/aromatic N) is 3. The normalized spacial score (nSPS) is 20.9. The molecule has 0 bridgehead atoms. The van der Waals surface area contributed by atoms with Crippen LogP contribution in [0.5, 0.6) is 0 Å². The summed E-state index contributed by atoms with van der Waals surface area (Å²) in [6.07, 6.45) is 9.53. The highest BCUT2D eigenvalue weighted by Crippen LogP contribution is 2.24. The molecule has 2 heterocycles. The highest BCUT2D eigenvalue weighted by molar-refractivity contribution is 5.82. The van der Waals surface area contributed by atoms with Crippen LogP contribution in [-0.2, 0) is 11.3 Å². The van der Waals surface area contributed by atoms with Crippen LogP contribution >= 0.6 is 0 Å². The summed E-state index contributed by atoms with van der Waals surface area (Å²) in [4.78, 5) is 22.8. The summed E-state index contributed by atoms with van der Waals surface area (Å²) in [7, 11) is 0. The first-order valence-corrected chi connectivity index (χ1v) is 8.68. The molecule has 0 radical (unpaired) electrons. The molecule has 1 unspecified atom stereocenters. The van der Waals surface area contributed by atoms with Gasteiger partial charge in [0.2, 0.25) is 5.91 Å². The Hall–Kier alpha value is -2.27. The topological polar surface area (TPSA) is 58.1 Å². The molecule has 1 N–H and O–H groups in total. The monoisotopic (exact) mass is 322 g/mol. The molecule has 4 rings (SSSR count). The molecule has 124 valence electrons. The van der Waals surface area contributed by atoms with Crippen molar-refractivity contribution in [2.45, 2.75) is 44.3 Å². The van der Waals surface area contributed by atoms with Crippen molar-refractivity contribution < 1.29 is 4.79 Å². The van der Waals surface area contributed by atoms with Crippen molar-refractivity contribution in [3.05, 3.63) is 48.5 Å². The van der Waals surface area contributed by atoms with E-state index in [0.29, 0.717) is 6.04 Å². The number of likely N-dealkylation sites (tertiary alicyclic amines) is 1. The molecule has 1 aliphatic heterocycles. The Morgan fingerprint density at radius 2 is 1.83 bits per heavy atom. The van der Waals surface area contributed by atoms with E-state index in [0.717, 1.165) is 49.9 Å². The van der Waals surface area contributed by atoms with E-state index in [4.69, 9.17) is 0 Å². The van der Waals surface area contributed by atoms with Crippen LogP contribution in [0.25, 0.3) is 11.1 Å². The van der Waals surface area contributed by atoms with E-state index in [1.54, 1.807) is 0 Å². The zero-order chi connectivity index (χ0) is 16.4. The molecule has 0 spiro atoms. The summed E-state index contributed by atoms with van der Waals surface area (Å²) in [5.74, 6) is 0.216. The van der Waals surface area contributed by atoms with Crippen LogP contribution in [0.3, 0.4) is 0 Å². The number of hydrogen-bond donors (Lipinski definition) is 1. The van der Waals surface area contributed by atoms with Crippen molar-refractivity contribution in [2.24, 2.45) is 0 Å². The molecule has 1 aromatic heterocycles. The molecule has 2 aliphatic rings. The molecule has 5 nitrogen and oxygen atoms in total. The van der Waals surface area contributed by atoms with Crippen LogP contribution in [0.1, 0.15) is 31.2 Å². The molecule has 1 atom stereocenters. The summed E-state index contributed by atoms with van der Waals surface area (Å²) in [6, 6.07) is 8.94. The maximum Gasteiger partial charge on any atom is 0.237 e. The van der Waals surface area contributed by atoms with Crippen molar-refractivity contribution in [2.75, 3.05) is 6.54 Å². The molecule has 24 heavy (non-hydrogen) atoms. The molecular formula is C19H22N4O. The first-order valence-electron chi connectivity index (χ1n) is 8.68. The molecule has 2 fully saturated rings. The zero-order valence-corrected chi connectivity index (χ0v) is 13.7. The third kappa shape index (κ3) is 3.46. The summed E-state index contributed by atoms with van der Waals surface area (Å²) in [5.41, 5.74) is 3.37. The van der Waals surface area contributed by atoms with Gasteiger partial charge in [0.1, 0.15) is 6.33 Å². The fourth-order valence-corrected chi connectivity index (χ4v) is 3.32. The van der Waals surface area contributed by atoms with Gasteiger partial charge in [0.25, 0.3) is 0 Å². The van der Waals surface area contributed by atoms with E-state index in [1.807, 2.05) is 12.4 Å². The smallest absolute Gasteiger partial charge is 0.237 e. The standard InChI is InChI=1S/C19H22N4O/c24-19(22-17-7-8-17)18-2-1-9-23(18)12-14-3-5-15(6-4-14)16-10-20-13-21-11-16/h3-6,10-11,13,17-18H,1-2,7-9,12H2,(H,22,24). The Morgan fingerprint density at radius 3 is 2.54 bits per heavy atom. The quantitative estimate of drug-likeness (QED) is 0.918. The van der Waals surface area contributed by atoms with E-state index in [9.17, 15) is 4.79 Å². The lowest BCUT2D eigenvalue weighted by Gasteiger charge is -2.23.